The van der Waals surface area contributed by atoms with Gasteiger partial charge in [0.1, 0.15) is 11.3 Å². The van der Waals surface area contributed by atoms with Crippen molar-refractivity contribution in [2.75, 3.05) is 5.32 Å². The maximum Gasteiger partial charge on any atom is 0.416 e. The van der Waals surface area contributed by atoms with Crippen LogP contribution in [0.2, 0.25) is 0 Å². The van der Waals surface area contributed by atoms with Gasteiger partial charge < -0.3 is 9.84 Å². The summed E-state index contributed by atoms with van der Waals surface area (Å²) in [6, 6.07) is 4.42. The number of benzene rings is 1. The fourth-order valence-electron chi connectivity index (χ4n) is 1.77. The molecule has 0 saturated carbocycles. The first-order valence-corrected chi connectivity index (χ1v) is 5.70. The molecule has 0 bridgehead atoms. The first-order valence-electron chi connectivity index (χ1n) is 5.70. The van der Waals surface area contributed by atoms with Gasteiger partial charge in [0.05, 0.1) is 11.3 Å². The lowest BCUT2D eigenvalue weighted by Crippen LogP contribution is -2.14. The predicted molar refractivity (Wildman–Crippen MR) is 65.4 cm³/mol. The topological polar surface area (TPSA) is 55.1 Å². The maximum atomic E-state index is 12.6. The fourth-order valence-corrected chi connectivity index (χ4v) is 1.77. The summed E-state index contributed by atoms with van der Waals surface area (Å²) in [5.74, 6) is -0.243. The van der Waals surface area contributed by atoms with E-state index in [4.69, 9.17) is 4.52 Å². The van der Waals surface area contributed by atoms with Crippen LogP contribution in [0.1, 0.15) is 27.4 Å². The molecule has 1 amide bonds. The molecule has 2 aromatic rings. The molecule has 0 saturated heterocycles. The van der Waals surface area contributed by atoms with Crippen molar-refractivity contribution in [1.29, 1.82) is 0 Å². The van der Waals surface area contributed by atoms with E-state index in [1.165, 1.54) is 12.1 Å². The Morgan fingerprint density at radius 2 is 2.00 bits per heavy atom. The highest BCUT2D eigenvalue weighted by molar-refractivity contribution is 6.05. The molecule has 106 valence electrons. The molecule has 0 unspecified atom stereocenters. The molecule has 1 aromatic heterocycles. The number of amides is 1. The molecule has 1 N–H and O–H groups in total. The molecule has 2 rings (SSSR count). The van der Waals surface area contributed by atoms with Crippen molar-refractivity contribution in [3.8, 4) is 0 Å². The van der Waals surface area contributed by atoms with Gasteiger partial charge in [-0.25, -0.2) is 0 Å². The van der Waals surface area contributed by atoms with Crippen molar-refractivity contribution in [2.24, 2.45) is 0 Å². The van der Waals surface area contributed by atoms with Crippen LogP contribution >= 0.6 is 0 Å². The Labute approximate surface area is 112 Å². The molecule has 0 aliphatic carbocycles. The van der Waals surface area contributed by atoms with Crippen LogP contribution in [0.15, 0.2) is 28.8 Å². The van der Waals surface area contributed by atoms with Crippen LogP contribution < -0.4 is 5.32 Å². The Morgan fingerprint density at radius 1 is 1.30 bits per heavy atom. The molecular formula is C13H11F3N2O2. The van der Waals surface area contributed by atoms with Crippen molar-refractivity contribution < 1.29 is 22.5 Å². The Hall–Kier alpha value is -2.31. The van der Waals surface area contributed by atoms with E-state index in [9.17, 15) is 18.0 Å². The van der Waals surface area contributed by atoms with Gasteiger partial charge >= 0.3 is 6.18 Å². The van der Waals surface area contributed by atoms with E-state index in [0.29, 0.717) is 11.5 Å². The first kappa shape index (κ1) is 14.1. The fraction of sp³-hybridized carbons (Fsp3) is 0.231. The zero-order chi connectivity index (χ0) is 14.9. The second-order valence-electron chi connectivity index (χ2n) is 4.23. The number of hydrogen-bond acceptors (Lipinski definition) is 3. The number of carbonyl (C=O) groups is 1. The number of aryl methyl sites for hydroxylation is 2. The lowest BCUT2D eigenvalue weighted by Gasteiger charge is -2.09. The van der Waals surface area contributed by atoms with Gasteiger partial charge in [0, 0.05) is 5.69 Å². The lowest BCUT2D eigenvalue weighted by molar-refractivity contribution is -0.137. The molecule has 1 aromatic carbocycles. The van der Waals surface area contributed by atoms with Crippen molar-refractivity contribution in [2.45, 2.75) is 20.0 Å². The zero-order valence-electron chi connectivity index (χ0n) is 10.7. The predicted octanol–water partition coefficient (Wildman–Crippen LogP) is 3.56. The SMILES string of the molecule is Cc1noc(C)c1C(=O)Nc1cccc(C(F)(F)F)c1. The van der Waals surface area contributed by atoms with E-state index in [0.717, 1.165) is 12.1 Å². The Morgan fingerprint density at radius 3 is 2.55 bits per heavy atom. The molecular weight excluding hydrogens is 273 g/mol. The average molecular weight is 284 g/mol. The van der Waals surface area contributed by atoms with Crippen molar-refractivity contribution >= 4 is 11.6 Å². The highest BCUT2D eigenvalue weighted by atomic mass is 19.4. The first-order chi connectivity index (χ1) is 9.29. The summed E-state index contributed by atoms with van der Waals surface area (Å²) in [6.45, 7) is 3.14. The number of hydrogen-bond donors (Lipinski definition) is 1. The minimum Gasteiger partial charge on any atom is -0.361 e. The van der Waals surface area contributed by atoms with Gasteiger partial charge in [0.2, 0.25) is 0 Å². The minimum absolute atomic E-state index is 0.0600. The molecule has 0 aliphatic rings. The highest BCUT2D eigenvalue weighted by Gasteiger charge is 2.30. The van der Waals surface area contributed by atoms with E-state index in [-0.39, 0.29) is 11.3 Å². The third-order valence-corrected chi connectivity index (χ3v) is 2.71. The standard InChI is InChI=1S/C13H11F3N2O2/c1-7-11(8(2)20-18-7)12(19)17-10-5-3-4-9(6-10)13(14,15)16/h3-6H,1-2H3,(H,17,19). The third-order valence-electron chi connectivity index (χ3n) is 2.71. The summed E-state index contributed by atoms with van der Waals surface area (Å²) in [5, 5.41) is 6.02. The number of halogens is 3. The number of alkyl halides is 3. The van der Waals surface area contributed by atoms with Gasteiger partial charge in [0.25, 0.3) is 5.91 Å². The molecule has 1 heterocycles. The number of rotatable bonds is 2. The van der Waals surface area contributed by atoms with Gasteiger partial charge in [-0.2, -0.15) is 13.2 Å². The number of nitrogens with one attached hydrogen (secondary N) is 1. The summed E-state index contributed by atoms with van der Waals surface area (Å²) in [5.41, 5.74) is -0.159. The van der Waals surface area contributed by atoms with Gasteiger partial charge in [0.15, 0.2) is 0 Å². The summed E-state index contributed by atoms with van der Waals surface area (Å²) in [7, 11) is 0. The maximum absolute atomic E-state index is 12.6. The highest BCUT2D eigenvalue weighted by Crippen LogP contribution is 2.30. The van der Waals surface area contributed by atoms with Crippen molar-refractivity contribution in [3.63, 3.8) is 0 Å². The molecule has 0 fully saturated rings. The van der Waals surface area contributed by atoms with E-state index >= 15 is 0 Å². The second-order valence-corrected chi connectivity index (χ2v) is 4.23. The van der Waals surface area contributed by atoms with Gasteiger partial charge in [-0.15, -0.1) is 0 Å². The monoisotopic (exact) mass is 284 g/mol. The number of nitrogens with zero attached hydrogens (tertiary/aromatic N) is 1. The Bertz CT molecular complexity index is 628. The Balaban J connectivity index is 2.25. The quantitative estimate of drug-likeness (QED) is 0.917. The van der Waals surface area contributed by atoms with E-state index in [2.05, 4.69) is 10.5 Å². The summed E-state index contributed by atoms with van der Waals surface area (Å²) < 4.78 is 42.5. The van der Waals surface area contributed by atoms with Gasteiger partial charge in [-0.1, -0.05) is 11.2 Å². The molecule has 4 nitrogen and oxygen atoms in total. The lowest BCUT2D eigenvalue weighted by atomic mass is 10.1. The smallest absolute Gasteiger partial charge is 0.361 e. The van der Waals surface area contributed by atoms with Crippen LogP contribution in [0.5, 0.6) is 0 Å². The van der Waals surface area contributed by atoms with E-state index < -0.39 is 17.6 Å². The van der Waals surface area contributed by atoms with Crippen LogP contribution in [0, 0.1) is 13.8 Å². The minimum atomic E-state index is -4.45. The summed E-state index contributed by atoms with van der Waals surface area (Å²) in [4.78, 5) is 12.0. The van der Waals surface area contributed by atoms with Crippen LogP contribution in [-0.4, -0.2) is 11.1 Å². The molecule has 20 heavy (non-hydrogen) atoms. The molecule has 7 heteroatoms. The van der Waals surface area contributed by atoms with Crippen LogP contribution in [0.25, 0.3) is 0 Å². The number of carbonyl (C=O) groups excluding carboxylic acids is 1. The second kappa shape index (κ2) is 4.99. The summed E-state index contributed by atoms with van der Waals surface area (Å²) >= 11 is 0. The van der Waals surface area contributed by atoms with Gasteiger partial charge in [-0.3, -0.25) is 4.79 Å². The molecule has 0 atom stereocenters. The Kier molecular flexibility index (Phi) is 3.52. The van der Waals surface area contributed by atoms with Crippen molar-refractivity contribution in [1.82, 2.24) is 5.16 Å². The largest absolute Gasteiger partial charge is 0.416 e. The normalized spacial score (nSPS) is 11.4. The van der Waals surface area contributed by atoms with Gasteiger partial charge in [-0.05, 0) is 32.0 Å². The van der Waals surface area contributed by atoms with Crippen LogP contribution in [0.3, 0.4) is 0 Å². The number of anilines is 1. The average Bonchev–Trinajstić information content (AvgIpc) is 2.68. The molecule has 0 spiro atoms. The third kappa shape index (κ3) is 2.81. The number of aromatic nitrogens is 1. The van der Waals surface area contributed by atoms with Crippen LogP contribution in [0.4, 0.5) is 18.9 Å². The molecule has 0 radical (unpaired) electrons. The van der Waals surface area contributed by atoms with E-state index in [1.807, 2.05) is 0 Å². The molecule has 0 aliphatic heterocycles. The zero-order valence-corrected chi connectivity index (χ0v) is 10.7. The van der Waals surface area contributed by atoms with Crippen molar-refractivity contribution in [3.05, 3.63) is 46.8 Å². The van der Waals surface area contributed by atoms with Crippen LogP contribution in [-0.2, 0) is 6.18 Å². The van der Waals surface area contributed by atoms with E-state index in [1.54, 1.807) is 13.8 Å². The summed E-state index contributed by atoms with van der Waals surface area (Å²) in [6.07, 6.45) is -4.45.